The van der Waals surface area contributed by atoms with Crippen LogP contribution in [-0.2, 0) is 6.54 Å². The van der Waals surface area contributed by atoms with Crippen molar-refractivity contribution in [2.75, 3.05) is 13.1 Å². The van der Waals surface area contributed by atoms with Crippen molar-refractivity contribution < 1.29 is 0 Å². The second kappa shape index (κ2) is 6.70. The molecule has 4 heteroatoms. The van der Waals surface area contributed by atoms with E-state index in [-0.39, 0.29) is 5.54 Å². The number of hydrogen-bond acceptors (Lipinski definition) is 3. The molecule has 0 aliphatic carbocycles. The Hall–Kier alpha value is 0.100. The van der Waals surface area contributed by atoms with E-state index in [0.717, 1.165) is 19.6 Å². The molecule has 2 rings (SSSR count). The van der Waals surface area contributed by atoms with E-state index in [1.165, 1.54) is 28.6 Å². The van der Waals surface area contributed by atoms with Gasteiger partial charge in [0.1, 0.15) is 0 Å². The molecule has 2 heterocycles. The number of halogens is 1. The summed E-state index contributed by atoms with van der Waals surface area (Å²) in [7, 11) is 0. The summed E-state index contributed by atoms with van der Waals surface area (Å²) in [4.78, 5) is 4.14. The van der Waals surface area contributed by atoms with Gasteiger partial charge in [-0.05, 0) is 47.1 Å². The zero-order chi connectivity index (χ0) is 13.9. The maximum absolute atomic E-state index is 3.75. The Morgan fingerprint density at radius 1 is 1.53 bits per heavy atom. The average molecular weight is 345 g/mol. The zero-order valence-electron chi connectivity index (χ0n) is 12.2. The first-order valence-electron chi connectivity index (χ1n) is 7.29. The van der Waals surface area contributed by atoms with Crippen LogP contribution in [0.5, 0.6) is 0 Å². The summed E-state index contributed by atoms with van der Waals surface area (Å²) in [6.45, 7) is 10.3. The lowest BCUT2D eigenvalue weighted by Gasteiger charge is -2.46. The monoisotopic (exact) mass is 344 g/mol. The molecule has 2 unspecified atom stereocenters. The minimum absolute atomic E-state index is 0.272. The molecule has 0 bridgehead atoms. The highest BCUT2D eigenvalue weighted by Crippen LogP contribution is 2.28. The molecule has 0 saturated carbocycles. The Labute approximate surface area is 129 Å². The predicted molar refractivity (Wildman–Crippen MR) is 87.8 cm³/mol. The lowest BCUT2D eigenvalue weighted by molar-refractivity contribution is 0.0733. The van der Waals surface area contributed by atoms with Crippen LogP contribution in [0.25, 0.3) is 0 Å². The third-order valence-corrected chi connectivity index (χ3v) is 6.18. The summed E-state index contributed by atoms with van der Waals surface area (Å²) in [6, 6.07) is 2.84. The van der Waals surface area contributed by atoms with E-state index < -0.39 is 0 Å². The van der Waals surface area contributed by atoms with Crippen LogP contribution in [-0.4, -0.2) is 29.6 Å². The van der Waals surface area contributed by atoms with Crippen molar-refractivity contribution in [1.82, 2.24) is 10.2 Å². The second-order valence-corrected chi connectivity index (χ2v) is 7.69. The molecule has 19 heavy (non-hydrogen) atoms. The second-order valence-electron chi connectivity index (χ2n) is 5.83. The van der Waals surface area contributed by atoms with Crippen LogP contribution in [0.4, 0.5) is 0 Å². The van der Waals surface area contributed by atoms with Crippen molar-refractivity contribution in [3.8, 4) is 0 Å². The molecule has 1 aromatic heterocycles. The Bertz CT molecular complexity index is 407. The van der Waals surface area contributed by atoms with E-state index in [2.05, 4.69) is 58.4 Å². The Morgan fingerprint density at radius 2 is 2.32 bits per heavy atom. The fraction of sp³-hybridized carbons (Fsp3) is 0.733. The van der Waals surface area contributed by atoms with E-state index in [0.29, 0.717) is 6.04 Å². The molecule has 1 saturated heterocycles. The van der Waals surface area contributed by atoms with Crippen LogP contribution in [0.2, 0.25) is 0 Å². The van der Waals surface area contributed by atoms with Gasteiger partial charge in [-0.2, -0.15) is 0 Å². The number of piperazine rings is 1. The van der Waals surface area contributed by atoms with Gasteiger partial charge < -0.3 is 5.32 Å². The lowest BCUT2D eigenvalue weighted by Crippen LogP contribution is -2.62. The fourth-order valence-electron chi connectivity index (χ4n) is 2.79. The summed E-state index contributed by atoms with van der Waals surface area (Å²) < 4.78 is 1.27. The topological polar surface area (TPSA) is 15.3 Å². The van der Waals surface area contributed by atoms with E-state index >= 15 is 0 Å². The summed E-state index contributed by atoms with van der Waals surface area (Å²) in [5, 5.41) is 5.93. The van der Waals surface area contributed by atoms with E-state index in [9.17, 15) is 0 Å². The summed E-state index contributed by atoms with van der Waals surface area (Å²) >= 11 is 5.53. The van der Waals surface area contributed by atoms with Crippen molar-refractivity contribution in [1.29, 1.82) is 0 Å². The van der Waals surface area contributed by atoms with Crippen LogP contribution in [0, 0.1) is 0 Å². The van der Waals surface area contributed by atoms with Gasteiger partial charge in [-0.15, -0.1) is 11.3 Å². The molecule has 0 aromatic carbocycles. The molecule has 1 N–H and O–H groups in total. The Kier molecular flexibility index (Phi) is 5.46. The number of hydrogen-bond donors (Lipinski definition) is 1. The van der Waals surface area contributed by atoms with Crippen molar-refractivity contribution in [3.63, 3.8) is 0 Å². The van der Waals surface area contributed by atoms with Crippen molar-refractivity contribution in [2.24, 2.45) is 0 Å². The zero-order valence-corrected chi connectivity index (χ0v) is 14.6. The van der Waals surface area contributed by atoms with Gasteiger partial charge in [-0.25, -0.2) is 0 Å². The van der Waals surface area contributed by atoms with Gasteiger partial charge in [0.05, 0.1) is 0 Å². The molecule has 1 aliphatic heterocycles. The fourth-order valence-corrected chi connectivity index (χ4v) is 4.29. The highest BCUT2D eigenvalue weighted by molar-refractivity contribution is 9.10. The van der Waals surface area contributed by atoms with Gasteiger partial charge >= 0.3 is 0 Å². The third-order valence-electron chi connectivity index (χ3n) is 4.27. The maximum atomic E-state index is 3.75. The number of nitrogens with zero attached hydrogens (tertiary/aromatic N) is 1. The highest BCUT2D eigenvalue weighted by Gasteiger charge is 2.34. The average Bonchev–Trinajstić information content (AvgIpc) is 2.79. The summed E-state index contributed by atoms with van der Waals surface area (Å²) in [6.07, 6.45) is 3.74. The largest absolute Gasteiger partial charge is 0.309 e. The van der Waals surface area contributed by atoms with Gasteiger partial charge in [-0.1, -0.05) is 20.3 Å². The first-order valence-corrected chi connectivity index (χ1v) is 8.96. The minimum Gasteiger partial charge on any atom is -0.309 e. The Morgan fingerprint density at radius 3 is 2.89 bits per heavy atom. The van der Waals surface area contributed by atoms with E-state index in [1.807, 2.05) is 11.3 Å². The number of rotatable bonds is 5. The molecule has 0 radical (unpaired) electrons. The molecular formula is C15H25BrN2S. The van der Waals surface area contributed by atoms with Gasteiger partial charge in [0.2, 0.25) is 0 Å². The molecule has 0 spiro atoms. The molecule has 108 valence electrons. The molecule has 2 atom stereocenters. The molecule has 0 amide bonds. The van der Waals surface area contributed by atoms with Gasteiger partial charge in [0.25, 0.3) is 0 Å². The van der Waals surface area contributed by atoms with Gasteiger partial charge in [0, 0.05) is 40.6 Å². The first-order chi connectivity index (χ1) is 9.08. The molecule has 1 aromatic rings. The van der Waals surface area contributed by atoms with Crippen LogP contribution in [0.1, 0.15) is 44.9 Å². The van der Waals surface area contributed by atoms with Crippen molar-refractivity contribution in [3.05, 3.63) is 20.8 Å². The maximum Gasteiger partial charge on any atom is 0.0343 e. The molecule has 1 aliphatic rings. The highest BCUT2D eigenvalue weighted by atomic mass is 79.9. The molecule has 1 fully saturated rings. The number of thiophene rings is 1. The SMILES string of the molecule is CCCC1CNC(C)(CC)CN1Cc1sccc1Br. The van der Waals surface area contributed by atoms with Gasteiger partial charge in [-0.3, -0.25) is 4.90 Å². The summed E-state index contributed by atoms with van der Waals surface area (Å²) in [5.41, 5.74) is 0.272. The Balaban J connectivity index is 2.09. The standard InChI is InChI=1S/C15H25BrN2S/c1-4-6-12-9-17-15(3,5-2)11-18(12)10-14-13(16)7-8-19-14/h7-8,12,17H,4-6,9-11H2,1-3H3. The quantitative estimate of drug-likeness (QED) is 0.858. The van der Waals surface area contributed by atoms with E-state index in [4.69, 9.17) is 0 Å². The number of nitrogens with one attached hydrogen (secondary N) is 1. The van der Waals surface area contributed by atoms with Crippen molar-refractivity contribution >= 4 is 27.3 Å². The van der Waals surface area contributed by atoms with Crippen molar-refractivity contribution in [2.45, 2.75) is 58.2 Å². The molecular weight excluding hydrogens is 320 g/mol. The minimum atomic E-state index is 0.272. The van der Waals surface area contributed by atoms with E-state index in [1.54, 1.807) is 0 Å². The first kappa shape index (κ1) is 15.5. The third kappa shape index (κ3) is 3.81. The van der Waals surface area contributed by atoms with Crippen LogP contribution in [0.3, 0.4) is 0 Å². The smallest absolute Gasteiger partial charge is 0.0343 e. The lowest BCUT2D eigenvalue weighted by atomic mass is 9.92. The van der Waals surface area contributed by atoms with Crippen LogP contribution in [0.15, 0.2) is 15.9 Å². The summed E-state index contributed by atoms with van der Waals surface area (Å²) in [5.74, 6) is 0. The van der Waals surface area contributed by atoms with Crippen LogP contribution >= 0.6 is 27.3 Å². The van der Waals surface area contributed by atoms with Crippen LogP contribution < -0.4 is 5.32 Å². The van der Waals surface area contributed by atoms with Gasteiger partial charge in [0.15, 0.2) is 0 Å². The predicted octanol–water partition coefficient (Wildman–Crippen LogP) is 4.25. The normalized spacial score (nSPS) is 28.7. The molecule has 2 nitrogen and oxygen atoms in total.